The fourth-order valence-electron chi connectivity index (χ4n) is 2.52. The van der Waals surface area contributed by atoms with Crippen LogP contribution in [-0.2, 0) is 6.18 Å². The second-order valence-corrected chi connectivity index (χ2v) is 8.55. The average Bonchev–Trinajstić information content (AvgIpc) is 2.77. The Balaban J connectivity index is 0.00000529. The number of nitrogens with one attached hydrogen (secondary N) is 1. The van der Waals surface area contributed by atoms with Gasteiger partial charge < -0.3 is 11.1 Å². The number of pyridine rings is 1. The van der Waals surface area contributed by atoms with E-state index in [0.29, 0.717) is 32.9 Å². The molecule has 0 aliphatic heterocycles. The second kappa shape index (κ2) is 15.6. The van der Waals surface area contributed by atoms with Crippen LogP contribution >= 0.6 is 23.4 Å². The molecule has 34 heavy (non-hydrogen) atoms. The first-order valence-corrected chi connectivity index (χ1v) is 12.3. The average molecular weight is 519 g/mol. The van der Waals surface area contributed by atoms with Crippen molar-refractivity contribution >= 4 is 35.0 Å². The van der Waals surface area contributed by atoms with E-state index in [1.807, 2.05) is 33.8 Å². The summed E-state index contributed by atoms with van der Waals surface area (Å²) in [5.74, 6) is 0.0393. The third-order valence-corrected chi connectivity index (χ3v) is 5.46. The van der Waals surface area contributed by atoms with Gasteiger partial charge in [-0.3, -0.25) is 9.79 Å². The van der Waals surface area contributed by atoms with Crippen molar-refractivity contribution in [1.82, 2.24) is 10.3 Å². The van der Waals surface area contributed by atoms with E-state index in [0.717, 1.165) is 18.6 Å². The standard InChI is InChI=1S/C22H28ClF3N4OS.C2H6/c1-6-8-9-18(27)15(5)28-13(3)12-17(23)21(32-7-2)30-20(31)16-10-11-19(22(24,25)26)29-14(16)4;1-2/h8-11H,6-7,12,27H2,1-5H3,(H,30,31);1-2H3/b9-8-,18-15-,21-17+,28-13?;. The normalized spacial score (nSPS) is 13.7. The van der Waals surface area contributed by atoms with Crippen molar-refractivity contribution in [3.05, 3.63) is 62.7 Å². The molecule has 190 valence electrons. The molecule has 0 aromatic carbocycles. The molecule has 1 heterocycles. The number of aryl methyl sites for hydroxylation is 1. The van der Waals surface area contributed by atoms with E-state index >= 15 is 0 Å². The van der Waals surface area contributed by atoms with Gasteiger partial charge in [0, 0.05) is 12.1 Å². The summed E-state index contributed by atoms with van der Waals surface area (Å²) in [6.45, 7) is 12.8. The number of thioether (sulfide) groups is 1. The van der Waals surface area contributed by atoms with Crippen LogP contribution in [0.5, 0.6) is 0 Å². The summed E-state index contributed by atoms with van der Waals surface area (Å²) in [5.41, 5.74) is 6.83. The lowest BCUT2D eigenvalue weighted by Crippen LogP contribution is -2.24. The lowest BCUT2D eigenvalue weighted by atomic mass is 10.1. The predicted molar refractivity (Wildman–Crippen MR) is 138 cm³/mol. The van der Waals surface area contributed by atoms with Crippen molar-refractivity contribution in [3.63, 3.8) is 0 Å². The van der Waals surface area contributed by atoms with Crippen LogP contribution in [0.4, 0.5) is 13.2 Å². The van der Waals surface area contributed by atoms with Gasteiger partial charge in [-0.05, 0) is 51.2 Å². The fourth-order valence-corrected chi connectivity index (χ4v) is 3.60. The highest BCUT2D eigenvalue weighted by Crippen LogP contribution is 2.29. The van der Waals surface area contributed by atoms with E-state index in [-0.39, 0.29) is 17.7 Å². The molecule has 0 saturated carbocycles. The molecule has 10 heteroatoms. The Kier molecular flexibility index (Phi) is 14.6. The highest BCUT2D eigenvalue weighted by molar-refractivity contribution is 8.03. The van der Waals surface area contributed by atoms with Gasteiger partial charge in [0.2, 0.25) is 0 Å². The monoisotopic (exact) mass is 518 g/mol. The Morgan fingerprint density at radius 3 is 2.38 bits per heavy atom. The molecule has 1 aromatic rings. The number of hydrogen-bond donors (Lipinski definition) is 2. The van der Waals surface area contributed by atoms with Crippen molar-refractivity contribution in [1.29, 1.82) is 0 Å². The van der Waals surface area contributed by atoms with Gasteiger partial charge in [-0.2, -0.15) is 13.2 Å². The van der Waals surface area contributed by atoms with Crippen molar-refractivity contribution < 1.29 is 18.0 Å². The first-order valence-electron chi connectivity index (χ1n) is 10.9. The predicted octanol–water partition coefficient (Wildman–Crippen LogP) is 7.33. The third-order valence-electron chi connectivity index (χ3n) is 4.10. The molecule has 0 bridgehead atoms. The maximum Gasteiger partial charge on any atom is 0.433 e. The Labute approximate surface area is 209 Å². The summed E-state index contributed by atoms with van der Waals surface area (Å²) in [6, 6.07) is 1.89. The molecule has 1 aromatic heterocycles. The molecular weight excluding hydrogens is 485 g/mol. The van der Waals surface area contributed by atoms with Gasteiger partial charge in [0.05, 0.1) is 32.7 Å². The molecule has 1 rings (SSSR count). The molecule has 5 nitrogen and oxygen atoms in total. The Hall–Kier alpha value is -2.26. The van der Waals surface area contributed by atoms with Crippen LogP contribution in [0.25, 0.3) is 0 Å². The van der Waals surface area contributed by atoms with E-state index in [1.165, 1.54) is 18.7 Å². The van der Waals surface area contributed by atoms with Crippen LogP contribution in [0.3, 0.4) is 0 Å². The number of aliphatic imine (C=N–C) groups is 1. The summed E-state index contributed by atoms with van der Waals surface area (Å²) in [4.78, 5) is 20.6. The second-order valence-electron chi connectivity index (χ2n) is 6.82. The molecule has 0 spiro atoms. The molecular formula is C24H34ClF3N4OS. The van der Waals surface area contributed by atoms with E-state index in [1.54, 1.807) is 19.9 Å². The number of rotatable bonds is 9. The van der Waals surface area contributed by atoms with Crippen LogP contribution < -0.4 is 11.1 Å². The molecule has 3 N–H and O–H groups in total. The number of nitrogens with two attached hydrogens (primary N) is 1. The number of nitrogens with zero attached hydrogens (tertiary/aromatic N) is 2. The number of amides is 1. The molecule has 0 aliphatic rings. The zero-order valence-electron chi connectivity index (χ0n) is 20.7. The number of halogens is 4. The van der Waals surface area contributed by atoms with Crippen LogP contribution in [-0.4, -0.2) is 22.4 Å². The van der Waals surface area contributed by atoms with Gasteiger partial charge in [0.1, 0.15) is 5.69 Å². The Bertz CT molecular complexity index is 954. The Morgan fingerprint density at radius 2 is 1.88 bits per heavy atom. The number of carbonyl (C=O) groups is 1. The minimum atomic E-state index is -4.58. The maximum atomic E-state index is 12.8. The summed E-state index contributed by atoms with van der Waals surface area (Å²) < 4.78 is 38.5. The van der Waals surface area contributed by atoms with Crippen LogP contribution in [0, 0.1) is 6.92 Å². The number of allylic oxidation sites excluding steroid dienone is 4. The first-order chi connectivity index (χ1) is 15.9. The summed E-state index contributed by atoms with van der Waals surface area (Å²) >= 11 is 7.77. The van der Waals surface area contributed by atoms with E-state index < -0.39 is 17.8 Å². The summed E-state index contributed by atoms with van der Waals surface area (Å²) in [5, 5.41) is 3.46. The summed E-state index contributed by atoms with van der Waals surface area (Å²) in [7, 11) is 0. The van der Waals surface area contributed by atoms with Crippen LogP contribution in [0.1, 0.15) is 76.1 Å². The van der Waals surface area contributed by atoms with Crippen LogP contribution in [0.15, 0.2) is 50.7 Å². The first kappa shape index (κ1) is 31.7. The fraction of sp³-hybridized carbons (Fsp3) is 0.458. The number of alkyl halides is 3. The quantitative estimate of drug-likeness (QED) is 0.265. The largest absolute Gasteiger partial charge is 0.433 e. The summed E-state index contributed by atoms with van der Waals surface area (Å²) in [6.07, 6.45) is 0.279. The minimum Gasteiger partial charge on any atom is -0.397 e. The number of hydrogen-bond acceptors (Lipinski definition) is 5. The van der Waals surface area contributed by atoms with E-state index in [9.17, 15) is 18.0 Å². The SMILES string of the molecule is CC.CC/C=C\C(N)=C(/C)N=C(C)C/C(Cl)=C(/NC(=O)c1ccc(C(F)(F)F)nc1C)SCC. The lowest BCUT2D eigenvalue weighted by Gasteiger charge is -2.14. The number of aromatic nitrogens is 1. The molecule has 0 fully saturated rings. The van der Waals surface area contributed by atoms with Gasteiger partial charge >= 0.3 is 6.18 Å². The van der Waals surface area contributed by atoms with Gasteiger partial charge in [-0.15, -0.1) is 11.8 Å². The molecule has 0 radical (unpaired) electrons. The van der Waals surface area contributed by atoms with Crippen molar-refractivity contribution in [2.75, 3.05) is 5.75 Å². The van der Waals surface area contributed by atoms with Gasteiger partial charge in [-0.25, -0.2) is 4.98 Å². The highest BCUT2D eigenvalue weighted by Gasteiger charge is 2.33. The molecule has 1 amide bonds. The molecule has 0 unspecified atom stereocenters. The smallest absolute Gasteiger partial charge is 0.397 e. The van der Waals surface area contributed by atoms with E-state index in [4.69, 9.17) is 17.3 Å². The van der Waals surface area contributed by atoms with Gasteiger partial charge in [0.25, 0.3) is 5.91 Å². The number of carbonyl (C=O) groups excluding carboxylic acids is 1. The van der Waals surface area contributed by atoms with E-state index in [2.05, 4.69) is 15.3 Å². The maximum absolute atomic E-state index is 12.8. The van der Waals surface area contributed by atoms with Gasteiger partial charge in [-0.1, -0.05) is 45.4 Å². The minimum absolute atomic E-state index is 0.0246. The van der Waals surface area contributed by atoms with Crippen LogP contribution in [0.2, 0.25) is 0 Å². The van der Waals surface area contributed by atoms with Crippen molar-refractivity contribution in [3.8, 4) is 0 Å². The van der Waals surface area contributed by atoms with Gasteiger partial charge in [0.15, 0.2) is 0 Å². The van der Waals surface area contributed by atoms with Crippen molar-refractivity contribution in [2.24, 2.45) is 10.7 Å². The topological polar surface area (TPSA) is 80.4 Å². The Morgan fingerprint density at radius 1 is 1.26 bits per heavy atom. The zero-order valence-corrected chi connectivity index (χ0v) is 22.3. The third kappa shape index (κ3) is 10.8. The molecule has 0 saturated heterocycles. The lowest BCUT2D eigenvalue weighted by molar-refractivity contribution is -0.141. The molecule has 0 aliphatic carbocycles. The molecule has 0 atom stereocenters. The van der Waals surface area contributed by atoms with Crippen molar-refractivity contribution in [2.45, 2.75) is 67.5 Å². The zero-order chi connectivity index (χ0) is 26.5. The highest BCUT2D eigenvalue weighted by atomic mass is 35.5.